The first-order valence-corrected chi connectivity index (χ1v) is 6.64. The molecule has 21 heavy (non-hydrogen) atoms. The Labute approximate surface area is 123 Å². The molecule has 0 bridgehead atoms. The maximum Gasteiger partial charge on any atom is 0.248 e. The molecule has 2 aromatic carbocycles. The molecule has 0 unspecified atom stereocenters. The van der Waals surface area contributed by atoms with Gasteiger partial charge in [-0.1, -0.05) is 18.2 Å². The van der Waals surface area contributed by atoms with Crippen LogP contribution in [-0.2, 0) is 6.61 Å². The van der Waals surface area contributed by atoms with Gasteiger partial charge in [-0.2, -0.15) is 0 Å². The molecule has 0 aliphatic carbocycles. The second-order valence-electron chi connectivity index (χ2n) is 4.45. The van der Waals surface area contributed by atoms with Crippen LogP contribution in [0.15, 0.2) is 42.5 Å². The first-order chi connectivity index (χ1) is 10.1. The van der Waals surface area contributed by atoms with Crippen LogP contribution in [-0.4, -0.2) is 12.5 Å². The Kier molecular flexibility index (Phi) is 4.66. The van der Waals surface area contributed by atoms with E-state index in [4.69, 9.17) is 20.9 Å². The number of anilines is 1. The highest BCUT2D eigenvalue weighted by Crippen LogP contribution is 2.28. The molecule has 5 nitrogen and oxygen atoms in total. The van der Waals surface area contributed by atoms with Crippen LogP contribution in [0.3, 0.4) is 0 Å². The summed E-state index contributed by atoms with van der Waals surface area (Å²) in [6.45, 7) is 2.77. The van der Waals surface area contributed by atoms with Crippen molar-refractivity contribution < 1.29 is 14.3 Å². The summed E-state index contributed by atoms with van der Waals surface area (Å²) in [5.74, 6) is 0.834. The zero-order chi connectivity index (χ0) is 15.2. The summed E-state index contributed by atoms with van der Waals surface area (Å²) in [6.07, 6.45) is 0. The molecule has 110 valence electrons. The fraction of sp³-hybridized carbons (Fsp3) is 0.188. The van der Waals surface area contributed by atoms with Gasteiger partial charge in [0.2, 0.25) is 5.91 Å². The molecule has 0 saturated carbocycles. The monoisotopic (exact) mass is 286 g/mol. The number of benzene rings is 2. The minimum absolute atomic E-state index is 0.287. The van der Waals surface area contributed by atoms with Gasteiger partial charge >= 0.3 is 0 Å². The van der Waals surface area contributed by atoms with Gasteiger partial charge in [0.05, 0.1) is 6.61 Å². The first kappa shape index (κ1) is 14.7. The van der Waals surface area contributed by atoms with Crippen LogP contribution in [0.4, 0.5) is 5.69 Å². The van der Waals surface area contributed by atoms with E-state index in [1.165, 1.54) is 0 Å². The molecule has 0 heterocycles. The fourth-order valence-electron chi connectivity index (χ4n) is 1.88. The third-order valence-corrected chi connectivity index (χ3v) is 2.96. The molecule has 0 spiro atoms. The Hall–Kier alpha value is -2.69. The van der Waals surface area contributed by atoms with Crippen LogP contribution < -0.4 is 20.9 Å². The van der Waals surface area contributed by atoms with Crippen molar-refractivity contribution in [3.8, 4) is 11.5 Å². The summed E-state index contributed by atoms with van der Waals surface area (Å²) in [6, 6.07) is 12.3. The van der Waals surface area contributed by atoms with Crippen molar-refractivity contribution in [3.63, 3.8) is 0 Å². The number of primary amides is 1. The van der Waals surface area contributed by atoms with Gasteiger partial charge in [-0.15, -0.1) is 0 Å². The Balaban J connectivity index is 2.11. The molecule has 2 aromatic rings. The predicted octanol–water partition coefficient (Wildman–Crippen LogP) is 2.35. The van der Waals surface area contributed by atoms with Crippen molar-refractivity contribution in [3.05, 3.63) is 53.6 Å². The third-order valence-electron chi connectivity index (χ3n) is 2.96. The number of amides is 1. The van der Waals surface area contributed by atoms with E-state index in [1.54, 1.807) is 18.2 Å². The molecular formula is C16H18N2O3. The van der Waals surface area contributed by atoms with E-state index in [9.17, 15) is 4.79 Å². The molecule has 0 saturated heterocycles. The molecule has 0 aliphatic rings. The van der Waals surface area contributed by atoms with Gasteiger partial charge in [0.25, 0.3) is 0 Å². The van der Waals surface area contributed by atoms with E-state index in [1.807, 2.05) is 31.2 Å². The zero-order valence-corrected chi connectivity index (χ0v) is 11.8. The highest BCUT2D eigenvalue weighted by molar-refractivity contribution is 5.93. The van der Waals surface area contributed by atoms with E-state index < -0.39 is 5.91 Å². The zero-order valence-electron chi connectivity index (χ0n) is 11.8. The molecule has 2 rings (SSSR count). The van der Waals surface area contributed by atoms with E-state index in [0.29, 0.717) is 29.4 Å². The number of rotatable bonds is 6. The van der Waals surface area contributed by atoms with Crippen molar-refractivity contribution in [2.24, 2.45) is 5.73 Å². The largest absolute Gasteiger partial charge is 0.490 e. The second-order valence-corrected chi connectivity index (χ2v) is 4.45. The Morgan fingerprint density at radius 3 is 2.33 bits per heavy atom. The Bertz CT molecular complexity index is 641. The molecule has 0 atom stereocenters. The summed E-state index contributed by atoms with van der Waals surface area (Å²) in [5.41, 5.74) is 12.7. The first-order valence-electron chi connectivity index (χ1n) is 6.64. The highest BCUT2D eigenvalue weighted by atomic mass is 16.5. The normalized spacial score (nSPS) is 10.1. The van der Waals surface area contributed by atoms with Gasteiger partial charge in [0.15, 0.2) is 11.5 Å². The molecule has 1 amide bonds. The number of nitrogens with two attached hydrogens (primary N) is 2. The van der Waals surface area contributed by atoms with Gasteiger partial charge in [-0.3, -0.25) is 4.79 Å². The van der Waals surface area contributed by atoms with Crippen molar-refractivity contribution in [1.29, 1.82) is 0 Å². The Morgan fingerprint density at radius 1 is 1.10 bits per heavy atom. The predicted molar refractivity (Wildman–Crippen MR) is 81.3 cm³/mol. The molecule has 5 heteroatoms. The van der Waals surface area contributed by atoms with Crippen LogP contribution >= 0.6 is 0 Å². The van der Waals surface area contributed by atoms with Gasteiger partial charge in [0, 0.05) is 16.8 Å². The van der Waals surface area contributed by atoms with Gasteiger partial charge in [-0.05, 0) is 31.2 Å². The highest BCUT2D eigenvalue weighted by Gasteiger charge is 2.08. The quantitative estimate of drug-likeness (QED) is 0.798. The molecule has 0 aliphatic heterocycles. The van der Waals surface area contributed by atoms with Gasteiger partial charge in [0.1, 0.15) is 6.61 Å². The van der Waals surface area contributed by atoms with E-state index >= 15 is 0 Å². The SMILES string of the molecule is CCOc1ccccc1OCc1ccc(C(N)=O)cc1N. The summed E-state index contributed by atoms with van der Waals surface area (Å²) < 4.78 is 11.2. The van der Waals surface area contributed by atoms with Crippen LogP contribution in [0.5, 0.6) is 11.5 Å². The lowest BCUT2D eigenvalue weighted by atomic mass is 10.1. The maximum absolute atomic E-state index is 11.1. The number of carbonyl (C=O) groups is 1. The average molecular weight is 286 g/mol. The molecule has 0 fully saturated rings. The number of ether oxygens (including phenoxy) is 2. The third kappa shape index (κ3) is 3.66. The number of nitrogen functional groups attached to an aromatic ring is 1. The molecule has 4 N–H and O–H groups in total. The number of carbonyl (C=O) groups excluding carboxylic acids is 1. The summed E-state index contributed by atoms with van der Waals surface area (Å²) in [4.78, 5) is 11.1. The van der Waals surface area contributed by atoms with Crippen molar-refractivity contribution >= 4 is 11.6 Å². The van der Waals surface area contributed by atoms with Crippen LogP contribution in [0.2, 0.25) is 0 Å². The lowest BCUT2D eigenvalue weighted by Crippen LogP contribution is -2.12. The number of hydrogen-bond acceptors (Lipinski definition) is 4. The molecule has 0 radical (unpaired) electrons. The summed E-state index contributed by atoms with van der Waals surface area (Å²) in [5, 5.41) is 0. The van der Waals surface area contributed by atoms with Gasteiger partial charge in [-0.25, -0.2) is 0 Å². The standard InChI is InChI=1S/C16H18N2O3/c1-2-20-14-5-3-4-6-15(14)21-10-12-8-7-11(16(18)19)9-13(12)17/h3-9H,2,10,17H2,1H3,(H2,18,19). The van der Waals surface area contributed by atoms with Gasteiger partial charge < -0.3 is 20.9 Å². The van der Waals surface area contributed by atoms with Crippen LogP contribution in [0.1, 0.15) is 22.8 Å². The Morgan fingerprint density at radius 2 is 1.76 bits per heavy atom. The maximum atomic E-state index is 11.1. The van der Waals surface area contributed by atoms with E-state index in [0.717, 1.165) is 5.56 Å². The molecular weight excluding hydrogens is 268 g/mol. The second kappa shape index (κ2) is 6.65. The smallest absolute Gasteiger partial charge is 0.248 e. The van der Waals surface area contributed by atoms with E-state index in [-0.39, 0.29) is 6.61 Å². The van der Waals surface area contributed by atoms with Crippen LogP contribution in [0.25, 0.3) is 0 Å². The minimum Gasteiger partial charge on any atom is -0.490 e. The fourth-order valence-corrected chi connectivity index (χ4v) is 1.88. The average Bonchev–Trinajstić information content (AvgIpc) is 2.47. The summed E-state index contributed by atoms with van der Waals surface area (Å²) >= 11 is 0. The number of hydrogen-bond donors (Lipinski definition) is 2. The summed E-state index contributed by atoms with van der Waals surface area (Å²) in [7, 11) is 0. The lowest BCUT2D eigenvalue weighted by Gasteiger charge is -2.13. The van der Waals surface area contributed by atoms with Crippen molar-refractivity contribution in [2.75, 3.05) is 12.3 Å². The van der Waals surface area contributed by atoms with E-state index in [2.05, 4.69) is 0 Å². The van der Waals surface area contributed by atoms with Crippen molar-refractivity contribution in [1.82, 2.24) is 0 Å². The molecule has 0 aromatic heterocycles. The lowest BCUT2D eigenvalue weighted by molar-refractivity contribution is 0.100. The van der Waals surface area contributed by atoms with Crippen LogP contribution in [0, 0.1) is 0 Å². The topological polar surface area (TPSA) is 87.6 Å². The van der Waals surface area contributed by atoms with Crippen molar-refractivity contribution in [2.45, 2.75) is 13.5 Å². The number of para-hydroxylation sites is 2. The minimum atomic E-state index is -0.504.